The summed E-state index contributed by atoms with van der Waals surface area (Å²) >= 11 is 6.02. The first kappa shape index (κ1) is 13.6. The number of carboxylic acids is 1. The van der Waals surface area contributed by atoms with Crippen LogP contribution >= 0.6 is 11.6 Å². The SMILES string of the molecule is Cc1cc(-c2ccc(F)cc2C(=O)O)c(C)cc1Cl. The molecule has 0 aliphatic heterocycles. The highest BCUT2D eigenvalue weighted by molar-refractivity contribution is 6.31. The lowest BCUT2D eigenvalue weighted by atomic mass is 9.94. The molecule has 19 heavy (non-hydrogen) atoms. The first-order valence-electron chi connectivity index (χ1n) is 5.70. The topological polar surface area (TPSA) is 37.3 Å². The third-order valence-electron chi connectivity index (χ3n) is 3.01. The molecule has 98 valence electrons. The van der Waals surface area contributed by atoms with Gasteiger partial charge in [-0.05, 0) is 60.4 Å². The molecule has 0 fully saturated rings. The van der Waals surface area contributed by atoms with Gasteiger partial charge in [-0.2, -0.15) is 0 Å². The van der Waals surface area contributed by atoms with E-state index < -0.39 is 11.8 Å². The average molecular weight is 279 g/mol. The summed E-state index contributed by atoms with van der Waals surface area (Å²) in [6.45, 7) is 3.69. The number of aryl methyl sites for hydroxylation is 2. The van der Waals surface area contributed by atoms with Crippen molar-refractivity contribution < 1.29 is 14.3 Å². The number of halogens is 2. The van der Waals surface area contributed by atoms with Crippen LogP contribution in [0.15, 0.2) is 30.3 Å². The van der Waals surface area contributed by atoms with Crippen LogP contribution < -0.4 is 0 Å². The highest BCUT2D eigenvalue weighted by Crippen LogP contribution is 2.31. The van der Waals surface area contributed by atoms with Crippen LogP contribution in [0.4, 0.5) is 4.39 Å². The summed E-state index contributed by atoms with van der Waals surface area (Å²) in [7, 11) is 0. The summed E-state index contributed by atoms with van der Waals surface area (Å²) in [5.74, 6) is -1.72. The van der Waals surface area contributed by atoms with E-state index in [4.69, 9.17) is 11.6 Å². The highest BCUT2D eigenvalue weighted by atomic mass is 35.5. The molecule has 2 rings (SSSR count). The molecule has 0 radical (unpaired) electrons. The van der Waals surface area contributed by atoms with Gasteiger partial charge in [0.2, 0.25) is 0 Å². The number of hydrogen-bond donors (Lipinski definition) is 1. The zero-order valence-corrected chi connectivity index (χ0v) is 11.3. The quantitative estimate of drug-likeness (QED) is 0.880. The monoisotopic (exact) mass is 278 g/mol. The van der Waals surface area contributed by atoms with Crippen LogP contribution in [0.25, 0.3) is 11.1 Å². The standard InChI is InChI=1S/C15H12ClFO2/c1-8-6-14(16)9(2)5-12(8)11-4-3-10(17)7-13(11)15(18)19/h3-7H,1-2H3,(H,18,19). The molecule has 0 bridgehead atoms. The van der Waals surface area contributed by atoms with E-state index in [1.807, 2.05) is 19.9 Å². The van der Waals surface area contributed by atoms with Crippen molar-refractivity contribution in [2.75, 3.05) is 0 Å². The average Bonchev–Trinajstić information content (AvgIpc) is 2.34. The zero-order chi connectivity index (χ0) is 14.2. The van der Waals surface area contributed by atoms with Crippen molar-refractivity contribution in [1.29, 1.82) is 0 Å². The van der Waals surface area contributed by atoms with Gasteiger partial charge in [-0.1, -0.05) is 17.7 Å². The van der Waals surface area contributed by atoms with Crippen molar-refractivity contribution in [3.8, 4) is 11.1 Å². The Hall–Kier alpha value is -1.87. The van der Waals surface area contributed by atoms with Crippen molar-refractivity contribution in [3.63, 3.8) is 0 Å². The van der Waals surface area contributed by atoms with Crippen LogP contribution in [0.1, 0.15) is 21.5 Å². The maximum absolute atomic E-state index is 13.2. The van der Waals surface area contributed by atoms with Crippen LogP contribution in [0.5, 0.6) is 0 Å². The molecule has 0 saturated heterocycles. The molecule has 0 heterocycles. The minimum atomic E-state index is -1.15. The van der Waals surface area contributed by atoms with Gasteiger partial charge in [0.05, 0.1) is 5.56 Å². The Balaban J connectivity index is 2.72. The van der Waals surface area contributed by atoms with Crippen LogP contribution in [-0.2, 0) is 0 Å². The second kappa shape index (κ2) is 5.02. The lowest BCUT2D eigenvalue weighted by molar-refractivity contribution is 0.0697. The van der Waals surface area contributed by atoms with Crippen LogP contribution in [-0.4, -0.2) is 11.1 Å². The molecular formula is C15H12ClFO2. The predicted molar refractivity (Wildman–Crippen MR) is 73.3 cm³/mol. The van der Waals surface area contributed by atoms with Gasteiger partial charge < -0.3 is 5.11 Å². The third-order valence-corrected chi connectivity index (χ3v) is 3.42. The molecule has 2 aromatic rings. The zero-order valence-electron chi connectivity index (χ0n) is 10.5. The van der Waals surface area contributed by atoms with E-state index in [-0.39, 0.29) is 5.56 Å². The Morgan fingerprint density at radius 1 is 1.11 bits per heavy atom. The van der Waals surface area contributed by atoms with E-state index in [1.54, 1.807) is 6.07 Å². The van der Waals surface area contributed by atoms with Crippen LogP contribution in [0.3, 0.4) is 0 Å². The van der Waals surface area contributed by atoms with E-state index in [2.05, 4.69) is 0 Å². The van der Waals surface area contributed by atoms with Crippen molar-refractivity contribution in [1.82, 2.24) is 0 Å². The number of carbonyl (C=O) groups is 1. The van der Waals surface area contributed by atoms with Crippen LogP contribution in [0, 0.1) is 19.7 Å². The van der Waals surface area contributed by atoms with Gasteiger partial charge in [-0.15, -0.1) is 0 Å². The summed E-state index contributed by atoms with van der Waals surface area (Å²) in [6, 6.07) is 7.36. The number of aromatic carboxylic acids is 1. The summed E-state index contributed by atoms with van der Waals surface area (Å²) in [5.41, 5.74) is 2.89. The summed E-state index contributed by atoms with van der Waals surface area (Å²) in [5, 5.41) is 9.80. The molecule has 0 aliphatic carbocycles. The smallest absolute Gasteiger partial charge is 0.336 e. The second-order valence-electron chi connectivity index (χ2n) is 4.41. The molecule has 0 aromatic heterocycles. The lowest BCUT2D eigenvalue weighted by Gasteiger charge is -2.12. The fourth-order valence-electron chi connectivity index (χ4n) is 2.00. The van der Waals surface area contributed by atoms with Crippen molar-refractivity contribution in [2.45, 2.75) is 13.8 Å². The summed E-state index contributed by atoms with van der Waals surface area (Å²) in [4.78, 5) is 11.2. The Bertz CT molecular complexity index is 665. The maximum Gasteiger partial charge on any atom is 0.336 e. The van der Waals surface area contributed by atoms with Gasteiger partial charge in [0.1, 0.15) is 5.82 Å². The number of hydrogen-bond acceptors (Lipinski definition) is 1. The molecule has 1 N–H and O–H groups in total. The molecule has 2 nitrogen and oxygen atoms in total. The van der Waals surface area contributed by atoms with Gasteiger partial charge >= 0.3 is 5.97 Å². The van der Waals surface area contributed by atoms with E-state index >= 15 is 0 Å². The molecule has 0 amide bonds. The van der Waals surface area contributed by atoms with E-state index in [0.717, 1.165) is 22.8 Å². The fraction of sp³-hybridized carbons (Fsp3) is 0.133. The molecule has 0 unspecified atom stereocenters. The molecule has 2 aromatic carbocycles. The molecular weight excluding hydrogens is 267 g/mol. The van der Waals surface area contributed by atoms with E-state index in [0.29, 0.717) is 10.6 Å². The van der Waals surface area contributed by atoms with Crippen molar-refractivity contribution >= 4 is 17.6 Å². The largest absolute Gasteiger partial charge is 0.478 e. The predicted octanol–water partition coefficient (Wildman–Crippen LogP) is 4.46. The lowest BCUT2D eigenvalue weighted by Crippen LogP contribution is -2.01. The van der Waals surface area contributed by atoms with Gasteiger partial charge in [0.15, 0.2) is 0 Å². The second-order valence-corrected chi connectivity index (χ2v) is 4.82. The first-order chi connectivity index (χ1) is 8.90. The Kier molecular flexibility index (Phi) is 3.58. The Labute approximate surface area is 115 Å². The number of carboxylic acid groups (broad SMARTS) is 1. The van der Waals surface area contributed by atoms with Gasteiger partial charge in [-0.25, -0.2) is 9.18 Å². The first-order valence-corrected chi connectivity index (χ1v) is 6.08. The summed E-state index contributed by atoms with van der Waals surface area (Å²) in [6.07, 6.45) is 0. The molecule has 4 heteroatoms. The summed E-state index contributed by atoms with van der Waals surface area (Å²) < 4.78 is 13.2. The fourth-order valence-corrected chi connectivity index (χ4v) is 2.22. The van der Waals surface area contributed by atoms with Gasteiger partial charge in [0.25, 0.3) is 0 Å². The maximum atomic E-state index is 13.2. The third kappa shape index (κ3) is 2.61. The van der Waals surface area contributed by atoms with E-state index in [9.17, 15) is 14.3 Å². The highest BCUT2D eigenvalue weighted by Gasteiger charge is 2.15. The molecule has 0 atom stereocenters. The number of rotatable bonds is 2. The Morgan fingerprint density at radius 3 is 2.42 bits per heavy atom. The van der Waals surface area contributed by atoms with Crippen molar-refractivity contribution in [3.05, 3.63) is 57.9 Å². The molecule has 0 saturated carbocycles. The molecule has 0 aliphatic rings. The van der Waals surface area contributed by atoms with Crippen molar-refractivity contribution in [2.24, 2.45) is 0 Å². The normalized spacial score (nSPS) is 10.5. The van der Waals surface area contributed by atoms with Gasteiger partial charge in [-0.3, -0.25) is 0 Å². The van der Waals surface area contributed by atoms with Crippen LogP contribution in [0.2, 0.25) is 5.02 Å². The van der Waals surface area contributed by atoms with E-state index in [1.165, 1.54) is 12.1 Å². The minimum absolute atomic E-state index is 0.0511. The molecule has 0 spiro atoms. The Morgan fingerprint density at radius 2 is 1.79 bits per heavy atom. The number of benzene rings is 2. The minimum Gasteiger partial charge on any atom is -0.478 e. The van der Waals surface area contributed by atoms with Gasteiger partial charge in [0, 0.05) is 5.02 Å².